The van der Waals surface area contributed by atoms with Gasteiger partial charge in [-0.3, -0.25) is 4.79 Å². The molecule has 15 heteroatoms. The van der Waals surface area contributed by atoms with Crippen molar-refractivity contribution in [3.63, 3.8) is 0 Å². The summed E-state index contributed by atoms with van der Waals surface area (Å²) in [4.78, 5) is 50.8. The molecule has 2 amide bonds. The Bertz CT molecular complexity index is 1890. The van der Waals surface area contributed by atoms with Gasteiger partial charge in [0, 0.05) is 30.9 Å². The van der Waals surface area contributed by atoms with E-state index in [2.05, 4.69) is 17.2 Å². The van der Waals surface area contributed by atoms with E-state index in [9.17, 15) is 39.6 Å². The molecule has 2 fully saturated rings. The van der Waals surface area contributed by atoms with Gasteiger partial charge in [-0.1, -0.05) is 61.2 Å². The number of quaternary nitrogens is 1. The number of likely N-dealkylation sites (tertiary alicyclic amines) is 1. The zero-order valence-corrected chi connectivity index (χ0v) is 31.0. The van der Waals surface area contributed by atoms with E-state index in [0.717, 1.165) is 35.1 Å². The number of fused-ring (bicyclic) bond motifs is 3. The standard InChI is InChI=1S/C41H47N3O12/c1-3-20-53-39(51)37-35(47)34(46)36(48)40(56-37)55-32-16-15-24(22-44(2)19-9-8-14-31(44)38(49)50)21-30(32)43-33(45)17-18-42-41(52)54-23-29-27-12-6-4-10-25(27)26-11-5-7-13-28(26)29/h3-7,10-13,15-16,21,29,31,34-37,40,46-48H,1,8-9,14,17-20,22-23H2,2H3,(H2-,42,43,45,49,50,52)/p+1/t31-,34+,35-,36-,37+,40-,44?/m1/s1. The van der Waals surface area contributed by atoms with Crippen molar-refractivity contribution >= 4 is 29.6 Å². The second kappa shape index (κ2) is 17.6. The number of carboxylic acid groups (broad SMARTS) is 1. The molecular weight excluding hydrogens is 726 g/mol. The predicted octanol–water partition coefficient (Wildman–Crippen LogP) is 3.05. The summed E-state index contributed by atoms with van der Waals surface area (Å²) in [6.45, 7) is 4.25. The Balaban J connectivity index is 1.13. The first kappa shape index (κ1) is 40.3. The molecule has 3 aromatic carbocycles. The number of anilines is 1. The topological polar surface area (TPSA) is 210 Å². The number of likely N-dealkylation sites (N-methyl/N-ethyl adjacent to an activating group) is 1. The molecule has 298 valence electrons. The number of hydrogen-bond acceptors (Lipinski definition) is 11. The number of aliphatic carboxylic acids is 1. The molecule has 1 unspecified atom stereocenters. The predicted molar refractivity (Wildman–Crippen MR) is 201 cm³/mol. The third kappa shape index (κ3) is 8.87. The van der Waals surface area contributed by atoms with Crippen LogP contribution in [0.25, 0.3) is 11.1 Å². The van der Waals surface area contributed by atoms with Crippen molar-refractivity contribution in [1.82, 2.24) is 5.32 Å². The van der Waals surface area contributed by atoms with Gasteiger partial charge in [-0.2, -0.15) is 0 Å². The van der Waals surface area contributed by atoms with E-state index >= 15 is 0 Å². The first-order valence-electron chi connectivity index (χ1n) is 18.6. The summed E-state index contributed by atoms with van der Waals surface area (Å²) in [6.07, 6.45) is -6.28. The number of esters is 1. The molecule has 7 atom stereocenters. The molecule has 0 radical (unpaired) electrons. The fourth-order valence-electron chi connectivity index (χ4n) is 7.78. The van der Waals surface area contributed by atoms with E-state index < -0.39 is 60.7 Å². The third-order valence-corrected chi connectivity index (χ3v) is 10.6. The highest BCUT2D eigenvalue weighted by molar-refractivity contribution is 5.92. The summed E-state index contributed by atoms with van der Waals surface area (Å²) >= 11 is 0. The first-order chi connectivity index (χ1) is 26.9. The van der Waals surface area contributed by atoms with E-state index in [1.807, 2.05) is 55.6 Å². The van der Waals surface area contributed by atoms with Gasteiger partial charge >= 0.3 is 18.0 Å². The number of aliphatic hydroxyl groups excluding tert-OH is 3. The van der Waals surface area contributed by atoms with Crippen LogP contribution >= 0.6 is 0 Å². The number of carboxylic acids is 1. The zero-order valence-electron chi connectivity index (χ0n) is 31.0. The van der Waals surface area contributed by atoms with Gasteiger partial charge < -0.3 is 54.5 Å². The van der Waals surface area contributed by atoms with Crippen molar-refractivity contribution in [1.29, 1.82) is 0 Å². The Morgan fingerprint density at radius 2 is 1.62 bits per heavy atom. The van der Waals surface area contributed by atoms with Gasteiger partial charge in [0.05, 0.1) is 19.3 Å². The Hall–Kier alpha value is -5.32. The van der Waals surface area contributed by atoms with Gasteiger partial charge in [-0.05, 0) is 53.3 Å². The van der Waals surface area contributed by atoms with Crippen molar-refractivity contribution in [2.75, 3.05) is 38.7 Å². The Morgan fingerprint density at radius 3 is 2.30 bits per heavy atom. The summed E-state index contributed by atoms with van der Waals surface area (Å²) < 4.78 is 22.3. The zero-order chi connectivity index (χ0) is 40.0. The molecule has 0 bridgehead atoms. The molecule has 2 aliphatic heterocycles. The maximum Gasteiger partial charge on any atom is 0.407 e. The van der Waals surface area contributed by atoms with Crippen LogP contribution in [-0.2, 0) is 35.1 Å². The van der Waals surface area contributed by atoms with Crippen molar-refractivity contribution < 1.29 is 63.0 Å². The second-order valence-electron chi connectivity index (χ2n) is 14.5. The number of rotatable bonds is 14. The van der Waals surface area contributed by atoms with Crippen molar-refractivity contribution in [2.24, 2.45) is 0 Å². The van der Waals surface area contributed by atoms with Crippen LogP contribution in [0, 0.1) is 0 Å². The largest absolute Gasteiger partial charge is 0.477 e. The van der Waals surface area contributed by atoms with Crippen LogP contribution in [0.3, 0.4) is 0 Å². The number of amides is 2. The third-order valence-electron chi connectivity index (χ3n) is 10.6. The van der Waals surface area contributed by atoms with Crippen LogP contribution in [0.1, 0.15) is 48.3 Å². The fraction of sp³-hybridized carbons (Fsp3) is 0.415. The quantitative estimate of drug-likeness (QED) is 0.0794. The van der Waals surface area contributed by atoms with E-state index in [1.165, 1.54) is 12.1 Å². The van der Waals surface area contributed by atoms with Gasteiger partial charge in [0.1, 0.15) is 43.8 Å². The summed E-state index contributed by atoms with van der Waals surface area (Å²) in [5, 5.41) is 47.1. The SMILES string of the molecule is C=CCOC(=O)[C@H]1O[C@@H](Oc2ccc(C[N+]3(C)CCCC[C@@H]3C(=O)O)cc2NC(=O)CCNC(=O)OCC2c3ccccc3-c3ccccc32)[C@H](O)[C@@H](O)[C@H]1O. The minimum absolute atomic E-state index is 0.0199. The molecule has 6 N–H and O–H groups in total. The maximum absolute atomic E-state index is 13.3. The van der Waals surface area contributed by atoms with Gasteiger partial charge in [0.15, 0.2) is 12.1 Å². The molecule has 0 saturated carbocycles. The lowest BCUT2D eigenvalue weighted by Gasteiger charge is -2.42. The number of benzene rings is 3. The summed E-state index contributed by atoms with van der Waals surface area (Å²) in [6, 6.07) is 20.1. The smallest absolute Gasteiger partial charge is 0.407 e. The van der Waals surface area contributed by atoms with Gasteiger partial charge in [0.25, 0.3) is 0 Å². The molecule has 2 saturated heterocycles. The molecule has 3 aliphatic rings. The fourth-order valence-corrected chi connectivity index (χ4v) is 7.78. The Kier molecular flexibility index (Phi) is 12.7. The van der Waals surface area contributed by atoms with Crippen molar-refractivity contribution in [2.45, 2.75) is 74.9 Å². The Labute approximate surface area is 324 Å². The molecule has 15 nitrogen and oxygen atoms in total. The number of nitrogens with one attached hydrogen (secondary N) is 2. The van der Waals surface area contributed by atoms with E-state index in [1.54, 1.807) is 12.1 Å². The maximum atomic E-state index is 13.3. The highest BCUT2D eigenvalue weighted by Gasteiger charge is 2.49. The number of carbonyl (C=O) groups is 4. The molecule has 6 rings (SSSR count). The number of ether oxygens (including phenoxy) is 4. The number of piperidine rings is 1. The van der Waals surface area contributed by atoms with Crippen LogP contribution in [0.5, 0.6) is 5.75 Å². The highest BCUT2D eigenvalue weighted by Crippen LogP contribution is 2.44. The molecule has 56 heavy (non-hydrogen) atoms. The molecular formula is C41H48N3O12+. The number of nitrogens with zero attached hydrogens (tertiary/aromatic N) is 1. The van der Waals surface area contributed by atoms with Crippen LogP contribution < -0.4 is 15.4 Å². The summed E-state index contributed by atoms with van der Waals surface area (Å²) in [7, 11) is 1.88. The lowest BCUT2D eigenvalue weighted by molar-refractivity contribution is -0.942. The van der Waals surface area contributed by atoms with Crippen LogP contribution in [-0.4, -0.2) is 119 Å². The van der Waals surface area contributed by atoms with E-state index in [-0.39, 0.29) is 48.0 Å². The molecule has 1 aliphatic carbocycles. The normalized spacial score (nSPS) is 25.6. The number of hydrogen-bond donors (Lipinski definition) is 6. The monoisotopic (exact) mass is 774 g/mol. The Morgan fingerprint density at radius 1 is 0.929 bits per heavy atom. The van der Waals surface area contributed by atoms with Crippen LogP contribution in [0.2, 0.25) is 0 Å². The molecule has 3 aromatic rings. The van der Waals surface area contributed by atoms with Gasteiger partial charge in [-0.25, -0.2) is 14.4 Å². The summed E-state index contributed by atoms with van der Waals surface area (Å²) in [5.41, 5.74) is 5.11. The van der Waals surface area contributed by atoms with Gasteiger partial charge in [0.2, 0.25) is 12.2 Å². The molecule has 0 spiro atoms. The summed E-state index contributed by atoms with van der Waals surface area (Å²) in [5.74, 6) is -2.59. The number of carbonyl (C=O) groups excluding carboxylic acids is 3. The second-order valence-corrected chi connectivity index (χ2v) is 14.5. The van der Waals surface area contributed by atoms with Crippen molar-refractivity contribution in [3.05, 3.63) is 96.1 Å². The minimum Gasteiger partial charge on any atom is -0.477 e. The lowest BCUT2D eigenvalue weighted by atomic mass is 9.97. The number of aliphatic hydroxyl groups is 3. The molecule has 2 heterocycles. The molecule has 0 aromatic heterocycles. The first-order valence-corrected chi connectivity index (χ1v) is 18.6. The highest BCUT2D eigenvalue weighted by atomic mass is 16.7. The minimum atomic E-state index is -1.85. The lowest BCUT2D eigenvalue weighted by Crippen LogP contribution is -2.61. The van der Waals surface area contributed by atoms with E-state index in [0.29, 0.717) is 25.1 Å². The van der Waals surface area contributed by atoms with Gasteiger partial charge in [-0.15, -0.1) is 0 Å². The number of alkyl carbamates (subject to hydrolysis) is 1. The van der Waals surface area contributed by atoms with Crippen LogP contribution in [0.15, 0.2) is 79.4 Å². The average Bonchev–Trinajstić information content (AvgIpc) is 3.50. The van der Waals surface area contributed by atoms with Crippen molar-refractivity contribution in [3.8, 4) is 16.9 Å². The average molecular weight is 775 g/mol. The van der Waals surface area contributed by atoms with E-state index in [4.69, 9.17) is 18.9 Å². The van der Waals surface area contributed by atoms with Crippen LogP contribution in [0.4, 0.5) is 10.5 Å².